The van der Waals surface area contributed by atoms with Crippen LogP contribution in [0.4, 0.5) is 9.80 Å². The molecule has 10 heteroatoms. The maximum atomic E-state index is 12.4. The third-order valence-electron chi connectivity index (χ3n) is 4.25. The number of hydrogen-bond donors (Lipinski definition) is 3. The molecule has 1 aliphatic carbocycles. The normalized spacial score (nSPS) is 17.3. The average Bonchev–Trinajstić information content (AvgIpc) is 2.97. The number of barbiturate groups is 1. The highest BCUT2D eigenvalue weighted by Crippen LogP contribution is 2.37. The number of imide groups is 2. The van der Waals surface area contributed by atoms with Crippen LogP contribution in [-0.4, -0.2) is 23.8 Å². The molecule has 27 heavy (non-hydrogen) atoms. The minimum atomic E-state index is -1.48. The van der Waals surface area contributed by atoms with Crippen LogP contribution in [0.25, 0.3) is 0 Å². The molecule has 0 saturated carbocycles. The predicted molar refractivity (Wildman–Crippen MR) is 93.2 cm³/mol. The second-order valence-electron chi connectivity index (χ2n) is 5.96. The van der Waals surface area contributed by atoms with E-state index in [4.69, 9.17) is 0 Å². The highest BCUT2D eigenvalue weighted by atomic mass is 32.1. The number of hydrogen-bond acceptors (Lipinski definition) is 7. The lowest BCUT2D eigenvalue weighted by atomic mass is 9.96. The molecule has 1 saturated heterocycles. The molecule has 0 bridgehead atoms. The molecular weight excluding hydrogens is 370 g/mol. The van der Waals surface area contributed by atoms with Crippen molar-refractivity contribution in [2.24, 2.45) is 5.92 Å². The van der Waals surface area contributed by atoms with Crippen LogP contribution in [0, 0.1) is 28.6 Å². The quantitative estimate of drug-likeness (QED) is 0.400. The lowest BCUT2D eigenvalue weighted by Crippen LogP contribution is -2.55. The number of urea groups is 1. The number of carbonyl (C=O) groups excluding carboxylic acids is 4. The number of nitrogens with zero attached hydrogens (tertiary/aromatic N) is 2. The van der Waals surface area contributed by atoms with Gasteiger partial charge >= 0.3 is 6.03 Å². The number of nitrogens with one attached hydrogen (secondary N) is 3. The highest BCUT2D eigenvalue weighted by Gasteiger charge is 2.33. The van der Waals surface area contributed by atoms with Gasteiger partial charge in [-0.15, -0.1) is 11.3 Å². The fraction of sp³-hybridized carbons (Fsp3) is 0.294. The number of amides is 5. The Labute approximate surface area is 157 Å². The highest BCUT2D eigenvalue weighted by molar-refractivity contribution is 7.16. The van der Waals surface area contributed by atoms with Gasteiger partial charge in [0, 0.05) is 4.88 Å². The lowest BCUT2D eigenvalue weighted by molar-refractivity contribution is -0.133. The van der Waals surface area contributed by atoms with E-state index in [2.05, 4.69) is 11.4 Å². The van der Waals surface area contributed by atoms with Crippen molar-refractivity contribution in [2.75, 3.05) is 5.32 Å². The van der Waals surface area contributed by atoms with E-state index < -0.39 is 35.2 Å². The SMILES string of the molecule is N#C/C(=C/C1C(=O)NC(=O)NC1=O)C(=O)Nc1sc2c(c1C#N)CCCC2. The summed E-state index contributed by atoms with van der Waals surface area (Å²) in [6, 6.07) is 2.78. The van der Waals surface area contributed by atoms with Crippen molar-refractivity contribution in [3.63, 3.8) is 0 Å². The lowest BCUT2D eigenvalue weighted by Gasteiger charge is -2.17. The summed E-state index contributed by atoms with van der Waals surface area (Å²) in [6.07, 6.45) is 4.48. The number of thiophene rings is 1. The zero-order chi connectivity index (χ0) is 19.6. The molecule has 0 spiro atoms. The van der Waals surface area contributed by atoms with Crippen molar-refractivity contribution in [1.29, 1.82) is 10.5 Å². The van der Waals surface area contributed by atoms with Crippen LogP contribution < -0.4 is 16.0 Å². The molecule has 3 rings (SSSR count). The largest absolute Gasteiger partial charge is 0.328 e. The summed E-state index contributed by atoms with van der Waals surface area (Å²) in [5, 5.41) is 25.3. The molecular formula is C17H13N5O4S. The maximum absolute atomic E-state index is 12.4. The summed E-state index contributed by atoms with van der Waals surface area (Å²) < 4.78 is 0. The van der Waals surface area contributed by atoms with Gasteiger partial charge in [-0.3, -0.25) is 25.0 Å². The number of aryl methyl sites for hydroxylation is 1. The molecule has 1 aromatic heterocycles. The van der Waals surface area contributed by atoms with Gasteiger partial charge < -0.3 is 5.32 Å². The van der Waals surface area contributed by atoms with Gasteiger partial charge in [0.1, 0.15) is 28.6 Å². The fourth-order valence-electron chi connectivity index (χ4n) is 2.95. The zero-order valence-electron chi connectivity index (χ0n) is 13.9. The Morgan fingerprint density at radius 1 is 1.15 bits per heavy atom. The van der Waals surface area contributed by atoms with Gasteiger partial charge in [0.25, 0.3) is 5.91 Å². The maximum Gasteiger partial charge on any atom is 0.328 e. The number of fused-ring (bicyclic) bond motifs is 1. The molecule has 136 valence electrons. The molecule has 0 unspecified atom stereocenters. The summed E-state index contributed by atoms with van der Waals surface area (Å²) in [7, 11) is 0. The number of anilines is 1. The first-order valence-electron chi connectivity index (χ1n) is 8.08. The van der Waals surface area contributed by atoms with E-state index in [-0.39, 0.29) is 0 Å². The zero-order valence-corrected chi connectivity index (χ0v) is 14.7. The summed E-state index contributed by atoms with van der Waals surface area (Å²) in [4.78, 5) is 48.1. The van der Waals surface area contributed by atoms with E-state index in [9.17, 15) is 29.7 Å². The molecule has 1 aliphatic heterocycles. The van der Waals surface area contributed by atoms with E-state index in [0.29, 0.717) is 10.6 Å². The molecule has 2 aliphatic rings. The van der Waals surface area contributed by atoms with E-state index in [1.54, 1.807) is 6.07 Å². The van der Waals surface area contributed by atoms with Crippen LogP contribution in [0.3, 0.4) is 0 Å². The third-order valence-corrected chi connectivity index (χ3v) is 5.45. The Morgan fingerprint density at radius 3 is 2.44 bits per heavy atom. The van der Waals surface area contributed by atoms with Gasteiger partial charge in [-0.25, -0.2) is 4.79 Å². The van der Waals surface area contributed by atoms with Crippen LogP contribution in [0.5, 0.6) is 0 Å². The van der Waals surface area contributed by atoms with E-state index in [0.717, 1.165) is 42.2 Å². The second-order valence-corrected chi connectivity index (χ2v) is 7.06. The van der Waals surface area contributed by atoms with Gasteiger partial charge in [0.2, 0.25) is 11.8 Å². The van der Waals surface area contributed by atoms with Crippen molar-refractivity contribution in [1.82, 2.24) is 10.6 Å². The van der Waals surface area contributed by atoms with Crippen LogP contribution in [0.2, 0.25) is 0 Å². The number of carbonyl (C=O) groups is 4. The van der Waals surface area contributed by atoms with E-state index in [1.165, 1.54) is 11.3 Å². The van der Waals surface area contributed by atoms with Crippen LogP contribution in [-0.2, 0) is 27.2 Å². The summed E-state index contributed by atoms with van der Waals surface area (Å²) in [6.45, 7) is 0. The Bertz CT molecular complexity index is 959. The Hall–Kier alpha value is -3.50. The van der Waals surface area contributed by atoms with Crippen LogP contribution in [0.15, 0.2) is 11.6 Å². The topological polar surface area (TPSA) is 152 Å². The Morgan fingerprint density at radius 2 is 1.81 bits per heavy atom. The Kier molecular flexibility index (Phi) is 5.01. The average molecular weight is 383 g/mol. The standard InChI is InChI=1S/C17H13N5O4S/c18-6-8(5-10-14(24)21-17(26)22-15(10)25)13(23)20-16-11(7-19)9-3-1-2-4-12(9)27-16/h5,10H,1-4H2,(H,20,23)(H2,21,22,24,25,26)/b8-5-. The van der Waals surface area contributed by atoms with Crippen molar-refractivity contribution in [3.05, 3.63) is 27.7 Å². The molecule has 0 aromatic carbocycles. The molecule has 0 radical (unpaired) electrons. The first kappa shape index (κ1) is 18.3. The smallest absolute Gasteiger partial charge is 0.312 e. The first-order valence-corrected chi connectivity index (χ1v) is 8.89. The molecule has 1 fully saturated rings. The van der Waals surface area contributed by atoms with Crippen LogP contribution >= 0.6 is 11.3 Å². The minimum Gasteiger partial charge on any atom is -0.312 e. The molecule has 0 atom stereocenters. The first-order chi connectivity index (χ1) is 12.9. The van der Waals surface area contributed by atoms with Crippen molar-refractivity contribution in [3.8, 4) is 12.1 Å². The van der Waals surface area contributed by atoms with Gasteiger partial charge in [-0.1, -0.05) is 0 Å². The predicted octanol–water partition coefficient (Wildman–Crippen LogP) is 0.869. The van der Waals surface area contributed by atoms with Gasteiger partial charge in [0.15, 0.2) is 0 Å². The monoisotopic (exact) mass is 383 g/mol. The second kappa shape index (κ2) is 7.40. The fourth-order valence-corrected chi connectivity index (χ4v) is 4.19. The van der Waals surface area contributed by atoms with Crippen molar-refractivity contribution < 1.29 is 19.2 Å². The summed E-state index contributed by atoms with van der Waals surface area (Å²) in [5.41, 5.74) is 0.852. The molecule has 5 amide bonds. The van der Waals surface area contributed by atoms with Crippen LogP contribution in [0.1, 0.15) is 28.8 Å². The molecule has 1 aromatic rings. The number of nitriles is 2. The summed E-state index contributed by atoms with van der Waals surface area (Å²) in [5.74, 6) is -4.15. The van der Waals surface area contributed by atoms with Crippen molar-refractivity contribution >= 4 is 40.1 Å². The molecule has 9 nitrogen and oxygen atoms in total. The van der Waals surface area contributed by atoms with Gasteiger partial charge in [0.05, 0.1) is 5.56 Å². The summed E-state index contributed by atoms with van der Waals surface area (Å²) >= 11 is 1.30. The number of rotatable bonds is 3. The Balaban J connectivity index is 1.85. The van der Waals surface area contributed by atoms with Crippen molar-refractivity contribution in [2.45, 2.75) is 25.7 Å². The van der Waals surface area contributed by atoms with E-state index in [1.807, 2.05) is 10.6 Å². The van der Waals surface area contributed by atoms with Gasteiger partial charge in [-0.2, -0.15) is 10.5 Å². The molecule has 3 N–H and O–H groups in total. The minimum absolute atomic E-state index is 0.350. The van der Waals surface area contributed by atoms with Gasteiger partial charge in [-0.05, 0) is 37.3 Å². The third kappa shape index (κ3) is 3.57. The molecule has 2 heterocycles. The van der Waals surface area contributed by atoms with E-state index >= 15 is 0 Å².